The molecule has 21 heavy (non-hydrogen) atoms. The lowest BCUT2D eigenvalue weighted by atomic mass is 9.80. The molecule has 2 rings (SSSR count). The van der Waals surface area contributed by atoms with Crippen molar-refractivity contribution in [2.45, 2.75) is 24.7 Å². The Morgan fingerprint density at radius 1 is 1.29 bits per heavy atom. The van der Waals surface area contributed by atoms with Crippen molar-refractivity contribution in [3.8, 4) is 0 Å². The van der Waals surface area contributed by atoms with Crippen molar-refractivity contribution in [2.75, 3.05) is 25.0 Å². The molecule has 0 amide bonds. The van der Waals surface area contributed by atoms with Gasteiger partial charge in [0.2, 0.25) is 10.0 Å². The van der Waals surface area contributed by atoms with Crippen molar-refractivity contribution in [1.82, 2.24) is 4.72 Å². The summed E-state index contributed by atoms with van der Waals surface area (Å²) in [4.78, 5) is 13.4. The van der Waals surface area contributed by atoms with Gasteiger partial charge in [-0.3, -0.25) is 4.79 Å². The van der Waals surface area contributed by atoms with Gasteiger partial charge in [0.25, 0.3) is 0 Å². The van der Waals surface area contributed by atoms with Crippen LogP contribution < -0.4 is 9.62 Å². The van der Waals surface area contributed by atoms with Gasteiger partial charge in [0.1, 0.15) is 4.90 Å². The maximum Gasteiger partial charge on any atom is 0.309 e. The van der Waals surface area contributed by atoms with Crippen LogP contribution in [0.25, 0.3) is 0 Å². The molecule has 0 unspecified atom stereocenters. The monoisotopic (exact) mass is 312 g/mol. The summed E-state index contributed by atoms with van der Waals surface area (Å²) in [5.74, 6) is -0.793. The number of para-hydroxylation sites is 1. The van der Waals surface area contributed by atoms with E-state index in [4.69, 9.17) is 0 Å². The van der Waals surface area contributed by atoms with Crippen LogP contribution in [0.4, 0.5) is 5.69 Å². The Labute approximate surface area is 124 Å². The summed E-state index contributed by atoms with van der Waals surface area (Å²) >= 11 is 0. The van der Waals surface area contributed by atoms with Crippen molar-refractivity contribution in [3.05, 3.63) is 24.3 Å². The number of nitrogens with zero attached hydrogens (tertiary/aromatic N) is 1. The maximum atomic E-state index is 12.1. The van der Waals surface area contributed by atoms with Crippen LogP contribution >= 0.6 is 0 Å². The van der Waals surface area contributed by atoms with Crippen LogP contribution in [0.1, 0.15) is 19.8 Å². The summed E-state index contributed by atoms with van der Waals surface area (Å²) in [6.07, 6.45) is 0.993. The Hall–Kier alpha value is -1.60. The topological polar surface area (TPSA) is 86.7 Å². The molecular weight excluding hydrogens is 292 g/mol. The van der Waals surface area contributed by atoms with Crippen LogP contribution in [0.2, 0.25) is 0 Å². The normalized spacial score (nSPS) is 18.5. The van der Waals surface area contributed by atoms with Gasteiger partial charge in [0.05, 0.1) is 11.1 Å². The minimum atomic E-state index is -3.53. The minimum Gasteiger partial charge on any atom is -0.481 e. The fourth-order valence-electron chi connectivity index (χ4n) is 2.51. The number of hydrogen-bond donors (Lipinski definition) is 2. The van der Waals surface area contributed by atoms with E-state index >= 15 is 0 Å². The number of carbonyl (C=O) groups is 1. The number of hydrogen-bond acceptors (Lipinski definition) is 4. The van der Waals surface area contributed by atoms with Crippen molar-refractivity contribution in [2.24, 2.45) is 5.41 Å². The zero-order valence-electron chi connectivity index (χ0n) is 12.2. The highest BCUT2D eigenvalue weighted by Crippen LogP contribution is 2.35. The zero-order chi connectivity index (χ0) is 15.7. The van der Waals surface area contributed by atoms with Gasteiger partial charge in [-0.1, -0.05) is 12.1 Å². The first-order chi connectivity index (χ1) is 9.80. The van der Waals surface area contributed by atoms with Crippen LogP contribution in [-0.2, 0) is 14.8 Å². The third-order valence-electron chi connectivity index (χ3n) is 4.15. The lowest BCUT2D eigenvalue weighted by molar-refractivity contribution is -0.149. The maximum absolute atomic E-state index is 12.1. The number of carboxylic acids is 1. The standard InChI is InChI=1S/C14H20N2O4S/c1-14(13(17)18)7-9-16(10-8-14)11-5-3-4-6-12(11)21(19,20)15-2/h3-6,15H,7-10H2,1-2H3,(H,17,18). The predicted octanol–water partition coefficient (Wildman–Crippen LogP) is 1.29. The molecule has 1 aliphatic heterocycles. The third kappa shape index (κ3) is 3.03. The Bertz CT molecular complexity index is 634. The Morgan fingerprint density at radius 2 is 1.86 bits per heavy atom. The molecule has 0 atom stereocenters. The number of sulfonamides is 1. The summed E-state index contributed by atoms with van der Waals surface area (Å²) in [6.45, 7) is 2.79. The molecule has 7 heteroatoms. The van der Waals surface area contributed by atoms with E-state index in [1.165, 1.54) is 7.05 Å². The molecule has 1 aliphatic rings. The molecule has 0 radical (unpaired) electrons. The highest BCUT2D eigenvalue weighted by Gasteiger charge is 2.37. The average Bonchev–Trinajstić information content (AvgIpc) is 2.48. The number of benzene rings is 1. The van der Waals surface area contributed by atoms with Gasteiger partial charge in [0.15, 0.2) is 0 Å². The van der Waals surface area contributed by atoms with E-state index in [1.54, 1.807) is 31.2 Å². The summed E-state index contributed by atoms with van der Waals surface area (Å²) in [5.41, 5.74) is -0.105. The van der Waals surface area contributed by atoms with Gasteiger partial charge in [-0.05, 0) is 38.9 Å². The van der Waals surface area contributed by atoms with E-state index in [2.05, 4.69) is 4.72 Å². The molecule has 0 aromatic heterocycles. The molecule has 1 heterocycles. The zero-order valence-corrected chi connectivity index (χ0v) is 13.0. The highest BCUT2D eigenvalue weighted by atomic mass is 32.2. The SMILES string of the molecule is CNS(=O)(=O)c1ccccc1N1CCC(C)(C(=O)O)CC1. The molecule has 6 nitrogen and oxygen atoms in total. The Morgan fingerprint density at radius 3 is 2.38 bits per heavy atom. The van der Waals surface area contributed by atoms with Crippen LogP contribution in [0.3, 0.4) is 0 Å². The second-order valence-electron chi connectivity index (χ2n) is 5.53. The molecule has 0 bridgehead atoms. The molecule has 2 N–H and O–H groups in total. The number of rotatable bonds is 4. The van der Waals surface area contributed by atoms with Crippen LogP contribution in [0.15, 0.2) is 29.2 Å². The smallest absolute Gasteiger partial charge is 0.309 e. The second-order valence-corrected chi connectivity index (χ2v) is 7.38. The number of piperidine rings is 1. The largest absolute Gasteiger partial charge is 0.481 e. The van der Waals surface area contributed by atoms with Crippen LogP contribution in [-0.4, -0.2) is 39.6 Å². The summed E-state index contributed by atoms with van der Waals surface area (Å²) < 4.78 is 26.5. The van der Waals surface area contributed by atoms with E-state index < -0.39 is 21.4 Å². The first kappa shape index (κ1) is 15.8. The Balaban J connectivity index is 2.28. The van der Waals surface area contributed by atoms with Crippen molar-refractivity contribution < 1.29 is 18.3 Å². The van der Waals surface area contributed by atoms with Gasteiger partial charge in [0, 0.05) is 13.1 Å². The number of aliphatic carboxylic acids is 1. The van der Waals surface area contributed by atoms with Crippen molar-refractivity contribution in [1.29, 1.82) is 0 Å². The van der Waals surface area contributed by atoms with Gasteiger partial charge in [-0.15, -0.1) is 0 Å². The third-order valence-corrected chi connectivity index (χ3v) is 5.61. The van der Waals surface area contributed by atoms with Crippen molar-refractivity contribution in [3.63, 3.8) is 0 Å². The predicted molar refractivity (Wildman–Crippen MR) is 79.9 cm³/mol. The van der Waals surface area contributed by atoms with Gasteiger partial charge < -0.3 is 10.0 Å². The fourth-order valence-corrected chi connectivity index (χ4v) is 3.46. The molecule has 1 aromatic carbocycles. The lowest BCUT2D eigenvalue weighted by Crippen LogP contribution is -2.43. The molecule has 1 aromatic rings. The first-order valence-corrected chi connectivity index (χ1v) is 8.29. The van der Waals surface area contributed by atoms with E-state index in [0.717, 1.165) is 0 Å². The molecule has 1 saturated heterocycles. The lowest BCUT2D eigenvalue weighted by Gasteiger charge is -2.38. The second kappa shape index (κ2) is 5.65. The molecule has 116 valence electrons. The van der Waals surface area contributed by atoms with Crippen molar-refractivity contribution >= 4 is 21.7 Å². The number of carboxylic acid groups (broad SMARTS) is 1. The fraction of sp³-hybridized carbons (Fsp3) is 0.500. The van der Waals surface area contributed by atoms with Gasteiger partial charge in [-0.25, -0.2) is 13.1 Å². The average molecular weight is 312 g/mol. The number of anilines is 1. The van der Waals surface area contributed by atoms with E-state index in [1.807, 2.05) is 4.90 Å². The van der Waals surface area contributed by atoms with Crippen LogP contribution in [0, 0.1) is 5.41 Å². The quantitative estimate of drug-likeness (QED) is 0.875. The molecule has 1 fully saturated rings. The summed E-state index contributed by atoms with van der Waals surface area (Å²) in [6, 6.07) is 6.79. The number of nitrogens with one attached hydrogen (secondary N) is 1. The summed E-state index contributed by atoms with van der Waals surface area (Å²) in [5, 5.41) is 9.25. The molecule has 0 aliphatic carbocycles. The minimum absolute atomic E-state index is 0.228. The first-order valence-electron chi connectivity index (χ1n) is 6.81. The summed E-state index contributed by atoms with van der Waals surface area (Å²) in [7, 11) is -2.15. The highest BCUT2D eigenvalue weighted by molar-refractivity contribution is 7.89. The van der Waals surface area contributed by atoms with E-state index in [9.17, 15) is 18.3 Å². The molecule has 0 spiro atoms. The van der Waals surface area contributed by atoms with E-state index in [-0.39, 0.29) is 4.90 Å². The van der Waals surface area contributed by atoms with E-state index in [0.29, 0.717) is 31.6 Å². The van der Waals surface area contributed by atoms with Gasteiger partial charge in [-0.2, -0.15) is 0 Å². The molecule has 0 saturated carbocycles. The molecular formula is C14H20N2O4S. The van der Waals surface area contributed by atoms with Crippen LogP contribution in [0.5, 0.6) is 0 Å². The van der Waals surface area contributed by atoms with Gasteiger partial charge >= 0.3 is 5.97 Å². The Kier molecular flexibility index (Phi) is 4.25.